The van der Waals surface area contributed by atoms with Crippen molar-refractivity contribution in [3.63, 3.8) is 0 Å². The molecule has 6 heteroatoms. The summed E-state index contributed by atoms with van der Waals surface area (Å²) in [4.78, 5) is 13.6. The molecule has 0 radical (unpaired) electrons. The van der Waals surface area contributed by atoms with E-state index in [0.29, 0.717) is 28.2 Å². The number of pyridine rings is 1. The second kappa shape index (κ2) is 7.60. The molecule has 0 aliphatic rings. The first-order valence-corrected chi connectivity index (χ1v) is 8.76. The minimum Gasteiger partial charge on any atom is -0.497 e. The Kier molecular flexibility index (Phi) is 4.85. The highest BCUT2D eigenvalue weighted by molar-refractivity contribution is 5.73. The van der Waals surface area contributed by atoms with Gasteiger partial charge in [-0.25, -0.2) is 14.4 Å². The van der Waals surface area contributed by atoms with E-state index in [1.807, 2.05) is 42.5 Å². The zero-order valence-electron chi connectivity index (χ0n) is 15.5. The van der Waals surface area contributed by atoms with Gasteiger partial charge in [0.05, 0.1) is 26.1 Å². The van der Waals surface area contributed by atoms with Crippen LogP contribution in [0.25, 0.3) is 22.4 Å². The first kappa shape index (κ1) is 17.9. The highest BCUT2D eigenvalue weighted by Gasteiger charge is 2.14. The Hall–Kier alpha value is -3.54. The van der Waals surface area contributed by atoms with Crippen LogP contribution in [0.15, 0.2) is 60.8 Å². The largest absolute Gasteiger partial charge is 0.497 e. The molecule has 0 saturated heterocycles. The minimum atomic E-state index is -0.422. The monoisotopic (exact) mass is 375 g/mol. The molecule has 0 fully saturated rings. The summed E-state index contributed by atoms with van der Waals surface area (Å²) in [7, 11) is 2.96. The molecule has 2 heterocycles. The van der Waals surface area contributed by atoms with Crippen molar-refractivity contribution in [1.29, 1.82) is 0 Å². The molecule has 0 amide bonds. The van der Waals surface area contributed by atoms with Gasteiger partial charge in [0, 0.05) is 29.3 Å². The SMILES string of the molecule is COc1cc(Cc2ccc3ncc(-c4ccccc4)nc3n2)c(F)c(OC)c1. The van der Waals surface area contributed by atoms with E-state index in [1.165, 1.54) is 20.3 Å². The summed E-state index contributed by atoms with van der Waals surface area (Å²) < 4.78 is 25.0. The van der Waals surface area contributed by atoms with Crippen LogP contribution < -0.4 is 9.47 Å². The van der Waals surface area contributed by atoms with Crippen molar-refractivity contribution >= 4 is 11.2 Å². The summed E-state index contributed by atoms with van der Waals surface area (Å²) in [5.41, 5.74) is 4.04. The predicted molar refractivity (Wildman–Crippen MR) is 105 cm³/mol. The Balaban J connectivity index is 1.72. The van der Waals surface area contributed by atoms with Gasteiger partial charge in [0.2, 0.25) is 0 Å². The van der Waals surface area contributed by atoms with Crippen molar-refractivity contribution in [2.24, 2.45) is 0 Å². The quantitative estimate of drug-likeness (QED) is 0.516. The number of methoxy groups -OCH3 is 2. The lowest BCUT2D eigenvalue weighted by atomic mass is 10.1. The Morgan fingerprint density at radius 2 is 1.75 bits per heavy atom. The summed E-state index contributed by atoms with van der Waals surface area (Å²) in [6.07, 6.45) is 2.01. The third-order valence-corrected chi connectivity index (χ3v) is 4.45. The summed E-state index contributed by atoms with van der Waals surface area (Å²) in [6.45, 7) is 0. The van der Waals surface area contributed by atoms with E-state index >= 15 is 0 Å². The van der Waals surface area contributed by atoms with Crippen LogP contribution in [0.5, 0.6) is 11.5 Å². The van der Waals surface area contributed by atoms with E-state index in [1.54, 1.807) is 12.3 Å². The molecule has 2 aromatic heterocycles. The fraction of sp³-hybridized carbons (Fsp3) is 0.136. The van der Waals surface area contributed by atoms with Gasteiger partial charge in [-0.05, 0) is 18.2 Å². The average Bonchev–Trinajstić information content (AvgIpc) is 2.75. The van der Waals surface area contributed by atoms with Crippen LogP contribution in [-0.2, 0) is 6.42 Å². The van der Waals surface area contributed by atoms with Gasteiger partial charge in [-0.15, -0.1) is 0 Å². The van der Waals surface area contributed by atoms with Crippen LogP contribution in [0.1, 0.15) is 11.3 Å². The van der Waals surface area contributed by atoms with Gasteiger partial charge < -0.3 is 9.47 Å². The number of halogens is 1. The second-order valence-electron chi connectivity index (χ2n) is 6.25. The fourth-order valence-corrected chi connectivity index (χ4v) is 3.00. The molecule has 0 spiro atoms. The zero-order chi connectivity index (χ0) is 19.5. The van der Waals surface area contributed by atoms with Crippen molar-refractivity contribution in [1.82, 2.24) is 15.0 Å². The third-order valence-electron chi connectivity index (χ3n) is 4.45. The maximum absolute atomic E-state index is 14.6. The number of benzene rings is 2. The average molecular weight is 375 g/mol. The van der Waals surface area contributed by atoms with E-state index in [2.05, 4.69) is 15.0 Å². The second-order valence-corrected chi connectivity index (χ2v) is 6.25. The van der Waals surface area contributed by atoms with Crippen molar-refractivity contribution in [2.75, 3.05) is 14.2 Å². The predicted octanol–water partition coefficient (Wildman–Crippen LogP) is 4.44. The molecule has 28 heavy (non-hydrogen) atoms. The lowest BCUT2D eigenvalue weighted by molar-refractivity contribution is 0.371. The lowest BCUT2D eigenvalue weighted by Gasteiger charge is -2.11. The van der Waals surface area contributed by atoms with Crippen molar-refractivity contribution in [2.45, 2.75) is 6.42 Å². The molecular formula is C22H18FN3O2. The van der Waals surface area contributed by atoms with Crippen molar-refractivity contribution < 1.29 is 13.9 Å². The standard InChI is InChI=1S/C22H18FN3O2/c1-27-17-11-15(21(23)20(12-17)28-2)10-16-8-9-18-22(25-16)26-19(13-24-18)14-6-4-3-5-7-14/h3-9,11-13H,10H2,1-2H3. The molecule has 140 valence electrons. The molecule has 0 unspecified atom stereocenters. The Morgan fingerprint density at radius 1 is 0.929 bits per heavy atom. The van der Waals surface area contributed by atoms with E-state index in [0.717, 1.165) is 11.3 Å². The maximum Gasteiger partial charge on any atom is 0.179 e. The molecule has 0 N–H and O–H groups in total. The van der Waals surface area contributed by atoms with Gasteiger partial charge in [0.15, 0.2) is 17.2 Å². The summed E-state index contributed by atoms with van der Waals surface area (Å²) >= 11 is 0. The molecular weight excluding hydrogens is 357 g/mol. The molecule has 2 aromatic carbocycles. The molecule has 4 aromatic rings. The topological polar surface area (TPSA) is 57.1 Å². The van der Waals surface area contributed by atoms with Crippen LogP contribution in [0, 0.1) is 5.82 Å². The Bertz CT molecular complexity index is 1130. The third kappa shape index (κ3) is 3.49. The van der Waals surface area contributed by atoms with Crippen LogP contribution in [0.2, 0.25) is 0 Å². The van der Waals surface area contributed by atoms with Crippen LogP contribution >= 0.6 is 0 Å². The molecule has 5 nitrogen and oxygen atoms in total. The molecule has 0 saturated carbocycles. The molecule has 0 bridgehead atoms. The lowest BCUT2D eigenvalue weighted by Crippen LogP contribution is -2.01. The van der Waals surface area contributed by atoms with Crippen LogP contribution in [0.3, 0.4) is 0 Å². The Labute approximate surface area is 161 Å². The molecule has 0 atom stereocenters. The van der Waals surface area contributed by atoms with Crippen LogP contribution in [-0.4, -0.2) is 29.2 Å². The van der Waals surface area contributed by atoms with Crippen molar-refractivity contribution in [3.05, 3.63) is 77.9 Å². The van der Waals surface area contributed by atoms with Gasteiger partial charge in [-0.3, -0.25) is 4.98 Å². The zero-order valence-corrected chi connectivity index (χ0v) is 15.5. The molecule has 0 aliphatic heterocycles. The number of aromatic nitrogens is 3. The van der Waals surface area contributed by atoms with E-state index in [4.69, 9.17) is 9.47 Å². The summed E-state index contributed by atoms with van der Waals surface area (Å²) in [6, 6.07) is 16.6. The van der Waals surface area contributed by atoms with Crippen molar-refractivity contribution in [3.8, 4) is 22.8 Å². The minimum absolute atomic E-state index is 0.140. The first-order valence-electron chi connectivity index (χ1n) is 8.76. The van der Waals surface area contributed by atoms with Gasteiger partial charge in [-0.2, -0.15) is 0 Å². The number of rotatable bonds is 5. The molecule has 0 aliphatic carbocycles. The van der Waals surface area contributed by atoms with Gasteiger partial charge >= 0.3 is 0 Å². The summed E-state index contributed by atoms with van der Waals surface area (Å²) in [5.74, 6) is 0.246. The smallest absolute Gasteiger partial charge is 0.179 e. The van der Waals surface area contributed by atoms with Crippen LogP contribution in [0.4, 0.5) is 4.39 Å². The van der Waals surface area contributed by atoms with Gasteiger partial charge in [0.25, 0.3) is 0 Å². The highest BCUT2D eigenvalue weighted by atomic mass is 19.1. The number of nitrogens with zero attached hydrogens (tertiary/aromatic N) is 3. The first-order chi connectivity index (χ1) is 13.7. The number of ether oxygens (including phenoxy) is 2. The number of fused-ring (bicyclic) bond motifs is 1. The Morgan fingerprint density at radius 3 is 2.50 bits per heavy atom. The summed E-state index contributed by atoms with van der Waals surface area (Å²) in [5, 5.41) is 0. The maximum atomic E-state index is 14.6. The normalized spacial score (nSPS) is 10.8. The number of hydrogen-bond acceptors (Lipinski definition) is 5. The van der Waals surface area contributed by atoms with E-state index in [9.17, 15) is 4.39 Å². The number of hydrogen-bond donors (Lipinski definition) is 0. The van der Waals surface area contributed by atoms with Gasteiger partial charge in [-0.1, -0.05) is 30.3 Å². The highest BCUT2D eigenvalue weighted by Crippen LogP contribution is 2.29. The van der Waals surface area contributed by atoms with Gasteiger partial charge in [0.1, 0.15) is 11.3 Å². The molecule has 4 rings (SSSR count). The van der Waals surface area contributed by atoms with E-state index in [-0.39, 0.29) is 12.2 Å². The fourth-order valence-electron chi connectivity index (χ4n) is 3.00. The van der Waals surface area contributed by atoms with E-state index < -0.39 is 5.82 Å².